The van der Waals surface area contributed by atoms with E-state index in [1.54, 1.807) is 0 Å². The van der Waals surface area contributed by atoms with Crippen molar-refractivity contribution in [1.82, 2.24) is 4.98 Å². The summed E-state index contributed by atoms with van der Waals surface area (Å²) in [6.45, 7) is 1.88. The molecular formula is C16H21NO2. The summed E-state index contributed by atoms with van der Waals surface area (Å²) < 4.78 is 0. The van der Waals surface area contributed by atoms with Crippen molar-refractivity contribution in [3.8, 4) is 0 Å². The van der Waals surface area contributed by atoms with E-state index < -0.39 is 5.97 Å². The van der Waals surface area contributed by atoms with Gasteiger partial charge >= 0.3 is 5.97 Å². The molecule has 0 saturated heterocycles. The number of hydrogen-bond donors (Lipinski definition) is 2. The smallest absolute Gasteiger partial charge is 0.337 e. The molecule has 0 aliphatic heterocycles. The van der Waals surface area contributed by atoms with Gasteiger partial charge < -0.3 is 10.1 Å². The van der Waals surface area contributed by atoms with Gasteiger partial charge in [-0.1, -0.05) is 0 Å². The number of aryl methyl sites for hydroxylation is 1. The third-order valence-electron chi connectivity index (χ3n) is 5.90. The van der Waals surface area contributed by atoms with E-state index in [0.717, 1.165) is 29.0 Å². The van der Waals surface area contributed by atoms with E-state index in [0.29, 0.717) is 5.56 Å². The third-order valence-corrected chi connectivity index (χ3v) is 5.90. The zero-order chi connectivity index (χ0) is 13.2. The van der Waals surface area contributed by atoms with Gasteiger partial charge in [-0.15, -0.1) is 0 Å². The van der Waals surface area contributed by atoms with Gasteiger partial charge in [-0.3, -0.25) is 0 Å². The molecule has 1 aromatic rings. The molecule has 4 aliphatic carbocycles. The van der Waals surface area contributed by atoms with Crippen molar-refractivity contribution < 1.29 is 9.90 Å². The number of hydrogen-bond acceptors (Lipinski definition) is 1. The molecule has 0 atom stereocenters. The van der Waals surface area contributed by atoms with Gasteiger partial charge in [-0.25, -0.2) is 4.79 Å². The first-order chi connectivity index (χ1) is 9.07. The zero-order valence-corrected chi connectivity index (χ0v) is 11.4. The molecular weight excluding hydrogens is 238 g/mol. The molecule has 0 amide bonds. The van der Waals surface area contributed by atoms with Crippen LogP contribution in [0.15, 0.2) is 6.20 Å². The van der Waals surface area contributed by atoms with Crippen molar-refractivity contribution in [3.63, 3.8) is 0 Å². The molecule has 1 aromatic heterocycles. The van der Waals surface area contributed by atoms with Crippen LogP contribution in [-0.4, -0.2) is 16.1 Å². The Bertz CT molecular complexity index is 508. The van der Waals surface area contributed by atoms with Crippen molar-refractivity contribution in [2.24, 2.45) is 17.8 Å². The van der Waals surface area contributed by atoms with Crippen LogP contribution in [0.5, 0.6) is 0 Å². The lowest BCUT2D eigenvalue weighted by Gasteiger charge is -2.57. The normalized spacial score (nSPS) is 39.7. The highest BCUT2D eigenvalue weighted by molar-refractivity contribution is 5.91. The molecule has 4 bridgehead atoms. The number of carbonyl (C=O) groups is 1. The number of aromatic amines is 1. The maximum Gasteiger partial charge on any atom is 0.337 e. The standard InChI is InChI=1S/C16H21NO2/c1-9-14(15(18)19)13(8-17-9)16-5-10-2-11(6-16)4-12(3-10)7-16/h8,10-12,17H,2-7H2,1H3,(H,18,19). The van der Waals surface area contributed by atoms with Crippen LogP contribution in [0.3, 0.4) is 0 Å². The Kier molecular flexibility index (Phi) is 2.22. The number of nitrogens with one attached hydrogen (secondary N) is 1. The van der Waals surface area contributed by atoms with Crippen LogP contribution in [0, 0.1) is 24.7 Å². The van der Waals surface area contributed by atoms with Crippen molar-refractivity contribution in [3.05, 3.63) is 23.0 Å². The van der Waals surface area contributed by atoms with E-state index in [1.807, 2.05) is 13.1 Å². The van der Waals surface area contributed by atoms with Gasteiger partial charge in [0.25, 0.3) is 0 Å². The third kappa shape index (κ3) is 1.53. The maximum absolute atomic E-state index is 11.6. The highest BCUT2D eigenvalue weighted by Gasteiger charge is 2.52. The molecule has 4 fully saturated rings. The number of rotatable bonds is 2. The Morgan fingerprint density at radius 1 is 1.21 bits per heavy atom. The summed E-state index contributed by atoms with van der Waals surface area (Å²) >= 11 is 0. The molecule has 0 spiro atoms. The average molecular weight is 259 g/mol. The van der Waals surface area contributed by atoms with E-state index >= 15 is 0 Å². The first-order valence-corrected chi connectivity index (χ1v) is 7.49. The van der Waals surface area contributed by atoms with E-state index in [9.17, 15) is 9.90 Å². The maximum atomic E-state index is 11.6. The van der Waals surface area contributed by atoms with Crippen molar-refractivity contribution in [1.29, 1.82) is 0 Å². The molecule has 0 aromatic carbocycles. The fourth-order valence-corrected chi connectivity index (χ4v) is 5.66. The number of H-pyrrole nitrogens is 1. The van der Waals surface area contributed by atoms with Gasteiger partial charge in [0.1, 0.15) is 0 Å². The van der Waals surface area contributed by atoms with Crippen LogP contribution in [0.1, 0.15) is 60.1 Å². The first kappa shape index (κ1) is 11.6. The molecule has 0 unspecified atom stereocenters. The number of aromatic nitrogens is 1. The van der Waals surface area contributed by atoms with Crippen LogP contribution in [0.25, 0.3) is 0 Å². The predicted molar refractivity (Wildman–Crippen MR) is 72.3 cm³/mol. The Hall–Kier alpha value is -1.25. The Balaban J connectivity index is 1.82. The monoisotopic (exact) mass is 259 g/mol. The quantitative estimate of drug-likeness (QED) is 0.854. The predicted octanol–water partition coefficient (Wildman–Crippen LogP) is 3.49. The largest absolute Gasteiger partial charge is 0.478 e. The summed E-state index contributed by atoms with van der Waals surface area (Å²) in [5.41, 5.74) is 2.66. The minimum atomic E-state index is -0.760. The minimum absolute atomic E-state index is 0.174. The highest BCUT2D eigenvalue weighted by atomic mass is 16.4. The topological polar surface area (TPSA) is 53.1 Å². The van der Waals surface area contributed by atoms with Gasteiger partial charge in [0.15, 0.2) is 0 Å². The second kappa shape index (κ2) is 3.65. The average Bonchev–Trinajstić information content (AvgIpc) is 2.70. The molecule has 102 valence electrons. The molecule has 19 heavy (non-hydrogen) atoms. The number of carboxylic acids is 1. The van der Waals surface area contributed by atoms with Gasteiger partial charge in [0.05, 0.1) is 5.56 Å². The van der Waals surface area contributed by atoms with Crippen molar-refractivity contribution in [2.75, 3.05) is 0 Å². The zero-order valence-electron chi connectivity index (χ0n) is 11.4. The summed E-state index contributed by atoms with van der Waals surface area (Å²) in [5, 5.41) is 9.52. The summed E-state index contributed by atoms with van der Waals surface area (Å²) in [4.78, 5) is 14.7. The van der Waals surface area contributed by atoms with Gasteiger partial charge in [-0.2, -0.15) is 0 Å². The molecule has 5 rings (SSSR count). The van der Waals surface area contributed by atoms with Gasteiger partial charge in [0, 0.05) is 11.9 Å². The fraction of sp³-hybridized carbons (Fsp3) is 0.688. The van der Waals surface area contributed by atoms with Crippen LogP contribution in [0.4, 0.5) is 0 Å². The number of carboxylic acid groups (broad SMARTS) is 1. The molecule has 0 radical (unpaired) electrons. The number of aromatic carboxylic acids is 1. The molecule has 1 heterocycles. The summed E-state index contributed by atoms with van der Waals surface area (Å²) in [5.74, 6) is 1.79. The summed E-state index contributed by atoms with van der Waals surface area (Å²) in [6, 6.07) is 0. The van der Waals surface area contributed by atoms with E-state index in [1.165, 1.54) is 38.5 Å². The van der Waals surface area contributed by atoms with E-state index in [2.05, 4.69) is 4.98 Å². The molecule has 4 aliphatic rings. The SMILES string of the molecule is Cc1[nH]cc(C23CC4CC(CC(C4)C2)C3)c1C(=O)O. The minimum Gasteiger partial charge on any atom is -0.478 e. The summed E-state index contributed by atoms with van der Waals surface area (Å²) in [7, 11) is 0. The van der Waals surface area contributed by atoms with Crippen LogP contribution >= 0.6 is 0 Å². The van der Waals surface area contributed by atoms with Gasteiger partial charge in [-0.05, 0) is 74.2 Å². The lowest BCUT2D eigenvalue weighted by Crippen LogP contribution is -2.48. The molecule has 2 N–H and O–H groups in total. The van der Waals surface area contributed by atoms with Crippen molar-refractivity contribution >= 4 is 5.97 Å². The van der Waals surface area contributed by atoms with Crippen LogP contribution in [-0.2, 0) is 5.41 Å². The fourth-order valence-electron chi connectivity index (χ4n) is 5.66. The highest BCUT2D eigenvalue weighted by Crippen LogP contribution is 2.61. The molecule has 3 heteroatoms. The Labute approximate surface area is 113 Å². The molecule has 4 saturated carbocycles. The lowest BCUT2D eigenvalue weighted by molar-refractivity contribution is -0.00573. The second-order valence-corrected chi connectivity index (χ2v) is 7.21. The lowest BCUT2D eigenvalue weighted by atomic mass is 9.48. The Morgan fingerprint density at radius 2 is 1.74 bits per heavy atom. The first-order valence-electron chi connectivity index (χ1n) is 7.49. The van der Waals surface area contributed by atoms with E-state index in [4.69, 9.17) is 0 Å². The van der Waals surface area contributed by atoms with E-state index in [-0.39, 0.29) is 5.41 Å². The van der Waals surface area contributed by atoms with Crippen LogP contribution in [0.2, 0.25) is 0 Å². The Morgan fingerprint density at radius 3 is 2.21 bits per heavy atom. The molecule has 3 nitrogen and oxygen atoms in total. The second-order valence-electron chi connectivity index (χ2n) is 7.21. The summed E-state index contributed by atoms with van der Waals surface area (Å²) in [6.07, 6.45) is 9.83. The van der Waals surface area contributed by atoms with Crippen LogP contribution < -0.4 is 0 Å². The van der Waals surface area contributed by atoms with Gasteiger partial charge in [0.2, 0.25) is 0 Å². The van der Waals surface area contributed by atoms with Crippen molar-refractivity contribution in [2.45, 2.75) is 50.9 Å².